The standard InChI is InChI=1S/C86H73N2O4Si/c1-51-34-35-52(2)65(48-51)86(55-40-46-58(47-41-55)93(9,10)11)66-50-71(88(57-44-38-54(39-45-57)85(6,7)8)69-29-21-27-62-60-23-13-17-31-73(60)90-81(62)69)82-77(64-25-15-19-33-75(64)91-82)78(66)79-67(86)49-70(76-63-24-14-18-32-74(63)92-83(76)79)87(56-42-36-53(37-43-56)84(3,4)5)68-28-20-26-61-59-22-12-16-30-72(59)89-80(61)68/h12-50,93H,1-11H3/q-1. The van der Waals surface area contributed by atoms with Gasteiger partial charge in [0.2, 0.25) is 0 Å². The molecule has 1 aliphatic carbocycles. The van der Waals surface area contributed by atoms with Gasteiger partial charge in [-0.05, 0) is 34.1 Å². The van der Waals surface area contributed by atoms with Crippen LogP contribution in [0.1, 0.15) is 86.1 Å². The van der Waals surface area contributed by atoms with Gasteiger partial charge in [0.05, 0.1) is 0 Å². The fraction of sp³-hybridized carbons (Fsp3) is 0.163. The Kier molecular flexibility index (Phi) is 12.4. The molecule has 6 nitrogen and oxygen atoms in total. The molecule has 0 saturated carbocycles. The number of rotatable bonds is 9. The Morgan fingerprint density at radius 2 is 0.774 bits per heavy atom. The number of fused-ring (bicyclic) bond motifs is 17. The minimum atomic E-state index is -2.18. The SMILES string of the molecule is Cc1ccc(C)c(C2(c3ccc([SiH-](C)(C)C)cc3)c3cc(N(c4ccc(C(C)(C)C)cc4)c4cccc5c4oc4ccccc45)c4c(oc5ccccc54)c3-c3c2cc(N(c2ccc(C(C)(C)C)cc2)c2cccc4c2oc2ccccc24)c2oc4ccccc4c32)c1. The van der Waals surface area contributed by atoms with Gasteiger partial charge in [0.15, 0.2) is 0 Å². The molecular formula is C86H73N2O4Si-. The van der Waals surface area contributed by atoms with Crippen LogP contribution in [-0.4, -0.2) is 8.07 Å². The van der Waals surface area contributed by atoms with Crippen molar-refractivity contribution in [3.63, 3.8) is 0 Å². The van der Waals surface area contributed by atoms with Gasteiger partial charge in [-0.1, -0.05) is 90.1 Å². The molecule has 4 aromatic heterocycles. The van der Waals surface area contributed by atoms with Crippen LogP contribution >= 0.6 is 0 Å². The van der Waals surface area contributed by atoms with Crippen molar-refractivity contribution in [3.05, 3.63) is 281 Å². The van der Waals surface area contributed by atoms with Crippen molar-refractivity contribution in [1.29, 1.82) is 0 Å². The summed E-state index contributed by atoms with van der Waals surface area (Å²) < 4.78 is 29.6. The van der Waals surface area contributed by atoms with Gasteiger partial charge in [-0.15, -0.1) is 0 Å². The molecule has 1 atom stereocenters. The van der Waals surface area contributed by atoms with Gasteiger partial charge >= 0.3 is 400 Å². The molecule has 16 aromatic rings. The van der Waals surface area contributed by atoms with Crippen LogP contribution in [-0.2, 0) is 16.2 Å². The third-order valence-electron chi connectivity index (χ3n) is 20.2. The van der Waals surface area contributed by atoms with Crippen molar-refractivity contribution in [1.82, 2.24) is 0 Å². The molecule has 0 N–H and O–H groups in total. The molecule has 0 radical (unpaired) electrons. The van der Waals surface area contributed by atoms with Gasteiger partial charge < -0.3 is 0 Å². The third kappa shape index (κ3) is 8.52. The van der Waals surface area contributed by atoms with Crippen LogP contribution in [0.5, 0.6) is 0 Å². The summed E-state index contributed by atoms with van der Waals surface area (Å²) in [5.41, 5.74) is 22.4. The number of benzene rings is 12. The van der Waals surface area contributed by atoms with Crippen molar-refractivity contribution in [2.45, 2.75) is 91.3 Å². The monoisotopic (exact) mass is 1230 g/mol. The van der Waals surface area contributed by atoms with E-state index < -0.39 is 13.5 Å². The van der Waals surface area contributed by atoms with Crippen LogP contribution in [0.15, 0.2) is 254 Å². The topological polar surface area (TPSA) is 59.0 Å². The molecule has 0 aliphatic heterocycles. The average molecular weight is 1230 g/mol. The van der Waals surface area contributed by atoms with Crippen LogP contribution < -0.4 is 15.0 Å². The number of hydrogen-bond acceptors (Lipinski definition) is 6. The Labute approximate surface area is 542 Å². The van der Waals surface area contributed by atoms with Crippen molar-refractivity contribution >= 4 is 135 Å². The molecule has 12 aromatic carbocycles. The number of hydrogen-bond donors (Lipinski definition) is 0. The number of nitrogens with zero attached hydrogens (tertiary/aromatic N) is 2. The Morgan fingerprint density at radius 3 is 1.29 bits per heavy atom. The van der Waals surface area contributed by atoms with Gasteiger partial charge in [0.25, 0.3) is 0 Å². The van der Waals surface area contributed by atoms with Crippen LogP contribution in [0, 0.1) is 13.8 Å². The molecule has 93 heavy (non-hydrogen) atoms. The minimum absolute atomic E-state index is 0.0856. The first-order valence-electron chi connectivity index (χ1n) is 32.9. The van der Waals surface area contributed by atoms with Gasteiger partial charge in [-0.3, -0.25) is 0 Å². The Hall–Kier alpha value is -10.3. The summed E-state index contributed by atoms with van der Waals surface area (Å²) in [5, 5.41) is 9.67. The molecule has 7 heteroatoms. The van der Waals surface area contributed by atoms with E-state index in [0.29, 0.717) is 0 Å². The molecule has 0 saturated heterocycles. The summed E-state index contributed by atoms with van der Waals surface area (Å²) in [4.78, 5) is 4.87. The Morgan fingerprint density at radius 1 is 0.344 bits per heavy atom. The molecule has 1 aliphatic rings. The van der Waals surface area contributed by atoms with Crippen LogP contribution in [0.4, 0.5) is 34.1 Å². The van der Waals surface area contributed by atoms with E-state index in [1.165, 1.54) is 33.0 Å². The van der Waals surface area contributed by atoms with E-state index in [1.807, 2.05) is 0 Å². The zero-order chi connectivity index (χ0) is 63.6. The fourth-order valence-corrected chi connectivity index (χ4v) is 16.8. The van der Waals surface area contributed by atoms with E-state index >= 15 is 0 Å². The maximum atomic E-state index is 7.77. The molecule has 456 valence electrons. The van der Waals surface area contributed by atoms with E-state index in [2.05, 4.69) is 321 Å². The van der Waals surface area contributed by atoms with Gasteiger partial charge in [0.1, 0.15) is 11.2 Å². The average Bonchev–Trinajstić information content (AvgIpc) is 1.50. The predicted molar refractivity (Wildman–Crippen MR) is 393 cm³/mol. The molecule has 0 fully saturated rings. The molecule has 0 spiro atoms. The summed E-state index contributed by atoms with van der Waals surface area (Å²) >= 11 is 0. The Balaban J connectivity index is 1.09. The number of aryl methyl sites for hydroxylation is 2. The zero-order valence-corrected chi connectivity index (χ0v) is 55.8. The fourth-order valence-electron chi connectivity index (χ4n) is 15.4. The van der Waals surface area contributed by atoms with Crippen molar-refractivity contribution in [3.8, 4) is 11.1 Å². The second-order valence-electron chi connectivity index (χ2n) is 29.3. The van der Waals surface area contributed by atoms with E-state index in [4.69, 9.17) is 17.7 Å². The van der Waals surface area contributed by atoms with Crippen LogP contribution in [0.2, 0.25) is 19.6 Å². The molecular weight excluding hydrogens is 1150 g/mol. The number of furan rings is 4. The normalized spacial score (nSPS) is 14.6. The molecule has 4 heterocycles. The molecule has 0 bridgehead atoms. The van der Waals surface area contributed by atoms with Gasteiger partial charge in [-0.2, -0.15) is 0 Å². The first kappa shape index (κ1) is 56.6. The zero-order valence-electron chi connectivity index (χ0n) is 54.6. The third-order valence-corrected chi connectivity index (χ3v) is 22.6. The molecule has 0 amide bonds. The maximum absolute atomic E-state index is 7.77. The number of para-hydroxylation sites is 6. The molecule has 17 rings (SSSR count). The second kappa shape index (κ2) is 20.3. The summed E-state index contributed by atoms with van der Waals surface area (Å²) in [6.07, 6.45) is 0. The molecule has 1 unspecified atom stereocenters. The van der Waals surface area contributed by atoms with Crippen LogP contribution in [0.3, 0.4) is 0 Å². The second-order valence-corrected chi connectivity index (χ2v) is 35.2. The first-order chi connectivity index (χ1) is 44.8. The van der Waals surface area contributed by atoms with E-state index in [1.54, 1.807) is 0 Å². The predicted octanol–water partition coefficient (Wildman–Crippen LogP) is 24.1. The van der Waals surface area contributed by atoms with E-state index in [0.717, 1.165) is 150 Å². The van der Waals surface area contributed by atoms with Crippen molar-refractivity contribution in [2.75, 3.05) is 9.80 Å². The summed E-state index contributed by atoms with van der Waals surface area (Å²) in [6, 6.07) is 87.4. The Bertz CT molecular complexity index is 5720. The van der Waals surface area contributed by atoms with Crippen molar-refractivity contribution in [2.24, 2.45) is 0 Å². The van der Waals surface area contributed by atoms with E-state index in [-0.39, 0.29) is 10.8 Å². The van der Waals surface area contributed by atoms with E-state index in [9.17, 15) is 0 Å². The van der Waals surface area contributed by atoms with Crippen molar-refractivity contribution < 1.29 is 17.7 Å². The van der Waals surface area contributed by atoms with Gasteiger partial charge in [0, 0.05) is 10.8 Å². The summed E-state index contributed by atoms with van der Waals surface area (Å²) in [6.45, 7) is 25.6. The summed E-state index contributed by atoms with van der Waals surface area (Å²) in [7, 11) is -2.18. The summed E-state index contributed by atoms with van der Waals surface area (Å²) in [5.74, 6) is 0. The quantitative estimate of drug-likeness (QED) is 0.134. The first-order valence-corrected chi connectivity index (χ1v) is 36.9. The van der Waals surface area contributed by atoms with Gasteiger partial charge in [-0.25, -0.2) is 0 Å². The number of anilines is 6. The van der Waals surface area contributed by atoms with Crippen LogP contribution in [0.25, 0.3) is 98.9 Å².